The summed E-state index contributed by atoms with van der Waals surface area (Å²) in [5.74, 6) is -3.41. The average molecular weight is 864 g/mol. The number of carbonyl (C=O) groups is 6. The van der Waals surface area contributed by atoms with Gasteiger partial charge in [-0.3, -0.25) is 43.9 Å². The van der Waals surface area contributed by atoms with E-state index >= 15 is 4.39 Å². The Morgan fingerprint density at radius 2 is 1.69 bits per heavy atom. The predicted octanol–water partition coefficient (Wildman–Crippen LogP) is 6.02. The van der Waals surface area contributed by atoms with Crippen molar-refractivity contribution in [2.75, 3.05) is 18.4 Å². The van der Waals surface area contributed by atoms with E-state index in [4.69, 9.17) is 23.2 Å². The summed E-state index contributed by atoms with van der Waals surface area (Å²) in [6, 6.07) is 21.2. The lowest BCUT2D eigenvalue weighted by Crippen LogP contribution is -2.54. The van der Waals surface area contributed by atoms with Crippen LogP contribution in [0.15, 0.2) is 78.9 Å². The molecule has 12 nitrogen and oxygen atoms in total. The number of hydrogen-bond donors (Lipinski definition) is 4. The van der Waals surface area contributed by atoms with Crippen LogP contribution >= 0.6 is 23.2 Å². The molecule has 5 aliphatic heterocycles. The molecule has 4 aromatic rings. The van der Waals surface area contributed by atoms with Crippen LogP contribution in [0.4, 0.5) is 10.1 Å². The van der Waals surface area contributed by atoms with Crippen molar-refractivity contribution in [3.63, 3.8) is 0 Å². The molecule has 4 aromatic carbocycles. The van der Waals surface area contributed by atoms with E-state index in [0.717, 1.165) is 28.9 Å². The van der Waals surface area contributed by atoms with E-state index in [1.54, 1.807) is 54.6 Å². The molecule has 0 bridgehead atoms. The quantitative estimate of drug-likeness (QED) is 0.111. The van der Waals surface area contributed by atoms with Gasteiger partial charge in [-0.1, -0.05) is 65.7 Å². The molecule has 1 aliphatic carbocycles. The minimum Gasteiger partial charge on any atom is -0.352 e. The molecule has 1 unspecified atom stereocenters. The molecule has 5 heterocycles. The molecule has 10 rings (SSSR count). The van der Waals surface area contributed by atoms with Gasteiger partial charge in [0.1, 0.15) is 17.4 Å². The zero-order chi connectivity index (χ0) is 42.3. The molecule has 4 N–H and O–H groups in total. The molecular weight excluding hydrogens is 822 g/mol. The molecule has 4 fully saturated rings. The van der Waals surface area contributed by atoms with Crippen molar-refractivity contribution in [1.82, 2.24) is 25.8 Å². The first kappa shape index (κ1) is 39.7. The molecule has 6 aliphatic rings. The third-order valence-corrected chi connectivity index (χ3v) is 14.0. The number of benzene rings is 4. The van der Waals surface area contributed by atoms with Crippen LogP contribution in [0.3, 0.4) is 0 Å². The molecule has 1 spiro atoms. The number of amides is 6. The van der Waals surface area contributed by atoms with Crippen molar-refractivity contribution in [3.05, 3.63) is 134 Å². The van der Waals surface area contributed by atoms with Gasteiger partial charge in [-0.25, -0.2) is 4.39 Å². The first-order chi connectivity index (χ1) is 29.4. The number of aryl methyl sites for hydroxylation is 1. The Morgan fingerprint density at radius 3 is 2.46 bits per heavy atom. The van der Waals surface area contributed by atoms with E-state index in [1.165, 1.54) is 6.07 Å². The van der Waals surface area contributed by atoms with Crippen LogP contribution in [-0.4, -0.2) is 76.5 Å². The Labute approximate surface area is 360 Å². The van der Waals surface area contributed by atoms with Gasteiger partial charge in [0.2, 0.25) is 17.7 Å². The van der Waals surface area contributed by atoms with Crippen LogP contribution in [0, 0.1) is 11.7 Å². The molecule has 3 saturated heterocycles. The fraction of sp³-hybridized carbons (Fsp3) is 0.348. The van der Waals surface area contributed by atoms with Crippen LogP contribution in [0.2, 0.25) is 10.0 Å². The molecular formula is C46H41Cl2FN6O6. The Morgan fingerprint density at radius 1 is 0.902 bits per heavy atom. The highest BCUT2D eigenvalue weighted by Gasteiger charge is 2.69. The lowest BCUT2D eigenvalue weighted by Gasteiger charge is -2.41. The molecule has 1 saturated carbocycles. The number of rotatable bonds is 10. The molecule has 312 valence electrons. The highest BCUT2D eigenvalue weighted by molar-refractivity contribution is 6.31. The van der Waals surface area contributed by atoms with Gasteiger partial charge in [0, 0.05) is 65.4 Å². The van der Waals surface area contributed by atoms with E-state index in [0.29, 0.717) is 65.7 Å². The maximum atomic E-state index is 16.2. The number of nitrogens with one attached hydrogen (secondary N) is 4. The normalized spacial score (nSPS) is 26.7. The first-order valence-corrected chi connectivity index (χ1v) is 21.5. The minimum atomic E-state index is -1.19. The number of imide groups is 2. The fourth-order valence-corrected chi connectivity index (χ4v) is 10.9. The lowest BCUT2D eigenvalue weighted by atomic mass is 9.73. The number of anilines is 1. The van der Waals surface area contributed by atoms with Gasteiger partial charge in [0.15, 0.2) is 0 Å². The van der Waals surface area contributed by atoms with Crippen molar-refractivity contribution in [2.45, 2.75) is 80.6 Å². The summed E-state index contributed by atoms with van der Waals surface area (Å²) >= 11 is 12.8. The second-order valence-corrected chi connectivity index (χ2v) is 17.8. The van der Waals surface area contributed by atoms with E-state index in [1.807, 2.05) is 18.2 Å². The topological polar surface area (TPSA) is 157 Å². The third kappa shape index (κ3) is 6.47. The smallest absolute Gasteiger partial charge is 0.262 e. The molecule has 0 aromatic heterocycles. The Bertz CT molecular complexity index is 2570. The molecule has 0 radical (unpaired) electrons. The first-order valence-electron chi connectivity index (χ1n) is 20.8. The van der Waals surface area contributed by atoms with Crippen molar-refractivity contribution in [2.24, 2.45) is 5.92 Å². The molecule has 61 heavy (non-hydrogen) atoms. The average Bonchev–Trinajstić information content (AvgIpc) is 3.71. The van der Waals surface area contributed by atoms with Gasteiger partial charge in [-0.15, -0.1) is 0 Å². The summed E-state index contributed by atoms with van der Waals surface area (Å²) in [6.45, 7) is 0.991. The van der Waals surface area contributed by atoms with Gasteiger partial charge < -0.3 is 16.0 Å². The second kappa shape index (κ2) is 15.2. The van der Waals surface area contributed by atoms with Crippen molar-refractivity contribution in [1.29, 1.82) is 0 Å². The monoisotopic (exact) mass is 862 g/mol. The number of halogens is 3. The summed E-state index contributed by atoms with van der Waals surface area (Å²) in [7, 11) is 0. The standard InChI is InChI=1S/C46H41Cl2FN6O6/c47-27-15-16-30-33(20-27)52-45(61)46(30)38(29-7-2-8-31(48)39(29)49)40-35(54(46)22-23-9-10-23)21-32(51-40)24-11-13-26(14-12-24)41(57)50-19-3-5-25-4-1-6-28-37(25)44(60)55(43(28)59)34-17-18-36(56)53-42(34)58/h1-2,4,6-8,11-16,20,23,32,34-35,38,40,51H,3,5,9-10,17-19,21-22H2,(H,50,57)(H,52,61)(H,53,56,58)/t32-,34?,35+,38+,40-,46-/m1/s1. The molecule has 6 amide bonds. The number of hydrogen-bond acceptors (Lipinski definition) is 8. The Hall–Kier alpha value is -5.47. The van der Waals surface area contributed by atoms with Crippen LogP contribution in [0.1, 0.15) is 104 Å². The summed E-state index contributed by atoms with van der Waals surface area (Å²) in [5.41, 5.74) is 3.14. The largest absolute Gasteiger partial charge is 0.352 e. The van der Waals surface area contributed by atoms with Crippen LogP contribution in [-0.2, 0) is 26.3 Å². The van der Waals surface area contributed by atoms with Crippen molar-refractivity contribution < 1.29 is 33.2 Å². The van der Waals surface area contributed by atoms with E-state index in [-0.39, 0.29) is 58.9 Å². The van der Waals surface area contributed by atoms with Gasteiger partial charge in [-0.05, 0) is 97.5 Å². The van der Waals surface area contributed by atoms with Crippen molar-refractivity contribution >= 4 is 64.3 Å². The fourth-order valence-electron chi connectivity index (χ4n) is 10.5. The van der Waals surface area contributed by atoms with E-state index in [2.05, 4.69) is 26.2 Å². The number of carbonyl (C=O) groups excluding carboxylic acids is 6. The zero-order valence-electron chi connectivity index (χ0n) is 32.8. The summed E-state index contributed by atoms with van der Waals surface area (Å²) in [4.78, 5) is 82.0. The van der Waals surface area contributed by atoms with Gasteiger partial charge in [-0.2, -0.15) is 0 Å². The minimum absolute atomic E-state index is 0.00322. The SMILES string of the molecule is O=C1CCC(N2C(=O)c3cccc(CCCNC(=O)c4ccc([C@H]5C[C@H]6[C@@H](N5)[C@H](c5cccc(Cl)c5F)[C@]5(C(=O)Nc7cc(Cl)ccc75)N6CC5CC5)cc4)c3C2=O)C(=O)N1. The lowest BCUT2D eigenvalue weighted by molar-refractivity contribution is -0.136. The number of nitrogens with zero attached hydrogens (tertiary/aromatic N) is 2. The molecule has 15 heteroatoms. The summed E-state index contributed by atoms with van der Waals surface area (Å²) in [6.07, 6.45) is 3.79. The van der Waals surface area contributed by atoms with Crippen LogP contribution < -0.4 is 21.3 Å². The summed E-state index contributed by atoms with van der Waals surface area (Å²) < 4.78 is 16.2. The molecule has 6 atom stereocenters. The maximum absolute atomic E-state index is 16.2. The zero-order valence-corrected chi connectivity index (χ0v) is 34.3. The second-order valence-electron chi connectivity index (χ2n) is 16.9. The summed E-state index contributed by atoms with van der Waals surface area (Å²) in [5, 5.41) is 12.6. The Kier molecular flexibility index (Phi) is 9.85. The number of fused-ring (bicyclic) bond motifs is 4. The third-order valence-electron chi connectivity index (χ3n) is 13.4. The maximum Gasteiger partial charge on any atom is 0.262 e. The highest BCUT2D eigenvalue weighted by Crippen LogP contribution is 2.61. The van der Waals surface area contributed by atoms with E-state index < -0.39 is 46.9 Å². The van der Waals surface area contributed by atoms with E-state index in [9.17, 15) is 28.8 Å². The van der Waals surface area contributed by atoms with Gasteiger partial charge >= 0.3 is 0 Å². The predicted molar refractivity (Wildman–Crippen MR) is 224 cm³/mol. The Balaban J connectivity index is 0.835. The number of likely N-dealkylation sites (tertiary alicyclic amines) is 1. The van der Waals surface area contributed by atoms with Crippen LogP contribution in [0.25, 0.3) is 0 Å². The number of piperidine rings is 1. The van der Waals surface area contributed by atoms with Gasteiger partial charge in [0.25, 0.3) is 17.7 Å². The van der Waals surface area contributed by atoms with Crippen molar-refractivity contribution in [3.8, 4) is 0 Å². The van der Waals surface area contributed by atoms with Crippen LogP contribution in [0.5, 0.6) is 0 Å². The highest BCUT2D eigenvalue weighted by atomic mass is 35.5. The van der Waals surface area contributed by atoms with Gasteiger partial charge in [0.05, 0.1) is 16.1 Å².